The van der Waals surface area contributed by atoms with Gasteiger partial charge in [-0.05, 0) is 30.7 Å². The Morgan fingerprint density at radius 3 is 2.74 bits per heavy atom. The van der Waals surface area contributed by atoms with Gasteiger partial charge in [0.1, 0.15) is 12.2 Å². The van der Waals surface area contributed by atoms with E-state index in [1.54, 1.807) is 37.4 Å². The maximum absolute atomic E-state index is 12.7. The zero-order valence-electron chi connectivity index (χ0n) is 17.3. The summed E-state index contributed by atoms with van der Waals surface area (Å²) in [6, 6.07) is 13.8. The first-order valence-corrected chi connectivity index (χ1v) is 10.6. The number of esters is 1. The molecule has 0 atom stereocenters. The Balaban J connectivity index is 1.69. The van der Waals surface area contributed by atoms with Gasteiger partial charge in [-0.3, -0.25) is 4.79 Å². The van der Waals surface area contributed by atoms with E-state index in [2.05, 4.69) is 5.32 Å². The molecule has 0 bridgehead atoms. The van der Waals surface area contributed by atoms with E-state index < -0.39 is 11.6 Å². The highest BCUT2D eigenvalue weighted by atomic mass is 32.2. The topological polar surface area (TPSA) is 94.8 Å². The summed E-state index contributed by atoms with van der Waals surface area (Å²) in [4.78, 5) is 37.1. The molecule has 1 heterocycles. The van der Waals surface area contributed by atoms with Crippen molar-refractivity contribution in [2.24, 2.45) is 0 Å². The lowest BCUT2D eigenvalue weighted by molar-refractivity contribution is -0.118. The van der Waals surface area contributed by atoms with E-state index in [1.807, 2.05) is 19.1 Å². The number of carbonyl (C=O) groups excluding carboxylic acids is 2. The number of methoxy groups -OCH3 is 1. The van der Waals surface area contributed by atoms with E-state index in [4.69, 9.17) is 13.9 Å². The summed E-state index contributed by atoms with van der Waals surface area (Å²) in [5.41, 5.74) is 1.85. The third-order valence-electron chi connectivity index (χ3n) is 4.44. The number of amides is 1. The molecule has 0 radical (unpaired) electrons. The van der Waals surface area contributed by atoms with Gasteiger partial charge in [0, 0.05) is 35.6 Å². The number of ether oxygens (including phenoxy) is 2. The largest absolute Gasteiger partial charge is 0.457 e. The lowest BCUT2D eigenvalue weighted by atomic mass is 10.1. The van der Waals surface area contributed by atoms with Crippen LogP contribution in [0.2, 0.25) is 0 Å². The fourth-order valence-corrected chi connectivity index (χ4v) is 3.80. The van der Waals surface area contributed by atoms with Crippen LogP contribution in [0.1, 0.15) is 21.5 Å². The molecule has 0 aliphatic heterocycles. The van der Waals surface area contributed by atoms with Crippen LogP contribution in [0.5, 0.6) is 0 Å². The Bertz CT molecular complexity index is 1140. The second-order valence-corrected chi connectivity index (χ2v) is 7.81. The van der Waals surface area contributed by atoms with Crippen molar-refractivity contribution in [2.75, 3.05) is 26.0 Å². The van der Waals surface area contributed by atoms with E-state index in [0.717, 1.165) is 5.56 Å². The SMILES string of the molecule is COCCNC(=O)CSc1ccccc1C(=O)OCc1cc(=O)oc2cc(C)ccc12. The second kappa shape index (κ2) is 10.8. The van der Waals surface area contributed by atoms with Crippen molar-refractivity contribution in [3.05, 3.63) is 75.6 Å². The Kier molecular flexibility index (Phi) is 7.86. The molecular weight excluding hydrogens is 418 g/mol. The minimum atomic E-state index is -0.531. The standard InChI is InChI=1S/C23H23NO6S/c1-15-7-8-17-16(12-22(26)30-19(17)11-15)13-29-23(27)18-5-3-4-6-20(18)31-14-21(25)24-9-10-28-2/h3-8,11-12H,9-10,13-14H2,1-2H3,(H,24,25). The normalized spacial score (nSPS) is 10.8. The van der Waals surface area contributed by atoms with Gasteiger partial charge in [0.25, 0.3) is 0 Å². The first kappa shape index (κ1) is 22.6. The lowest BCUT2D eigenvalue weighted by Gasteiger charge is -2.11. The van der Waals surface area contributed by atoms with Crippen molar-refractivity contribution in [1.82, 2.24) is 5.32 Å². The van der Waals surface area contributed by atoms with Gasteiger partial charge in [-0.1, -0.05) is 24.3 Å². The first-order valence-electron chi connectivity index (χ1n) is 9.66. The van der Waals surface area contributed by atoms with Crippen LogP contribution >= 0.6 is 11.8 Å². The monoisotopic (exact) mass is 441 g/mol. The molecule has 8 heteroatoms. The quantitative estimate of drug-likeness (QED) is 0.236. The number of carbonyl (C=O) groups is 2. The Morgan fingerprint density at radius 2 is 1.94 bits per heavy atom. The van der Waals surface area contributed by atoms with Gasteiger partial charge in [0.15, 0.2) is 0 Å². The van der Waals surface area contributed by atoms with Crippen molar-refractivity contribution >= 4 is 34.6 Å². The molecule has 0 saturated carbocycles. The number of fused-ring (bicyclic) bond motifs is 1. The summed E-state index contributed by atoms with van der Waals surface area (Å²) in [6.07, 6.45) is 0. The molecular formula is C23H23NO6S. The van der Waals surface area contributed by atoms with E-state index in [0.29, 0.717) is 40.1 Å². The van der Waals surface area contributed by atoms with E-state index >= 15 is 0 Å². The Hall–Kier alpha value is -3.10. The smallest absolute Gasteiger partial charge is 0.339 e. The van der Waals surface area contributed by atoms with Crippen LogP contribution in [0.3, 0.4) is 0 Å². The van der Waals surface area contributed by atoms with Crippen molar-refractivity contribution in [3.8, 4) is 0 Å². The molecule has 0 unspecified atom stereocenters. The average Bonchev–Trinajstić information content (AvgIpc) is 2.75. The highest BCUT2D eigenvalue weighted by molar-refractivity contribution is 8.00. The number of aryl methyl sites for hydroxylation is 1. The fraction of sp³-hybridized carbons (Fsp3) is 0.261. The molecule has 0 saturated heterocycles. The predicted molar refractivity (Wildman–Crippen MR) is 118 cm³/mol. The molecule has 162 valence electrons. The van der Waals surface area contributed by atoms with Gasteiger partial charge in [-0.15, -0.1) is 11.8 Å². The molecule has 3 rings (SSSR count). The molecule has 3 aromatic rings. The number of nitrogens with one attached hydrogen (secondary N) is 1. The summed E-state index contributed by atoms with van der Waals surface area (Å²) in [7, 11) is 1.56. The molecule has 0 fully saturated rings. The highest BCUT2D eigenvalue weighted by Crippen LogP contribution is 2.24. The molecule has 0 aliphatic carbocycles. The maximum atomic E-state index is 12.7. The molecule has 1 N–H and O–H groups in total. The minimum Gasteiger partial charge on any atom is -0.457 e. The summed E-state index contributed by atoms with van der Waals surface area (Å²) < 4.78 is 15.6. The fourth-order valence-electron chi connectivity index (χ4n) is 2.93. The first-order chi connectivity index (χ1) is 15.0. The number of benzene rings is 2. The van der Waals surface area contributed by atoms with Gasteiger partial charge >= 0.3 is 11.6 Å². The summed E-state index contributed by atoms with van der Waals surface area (Å²) in [5.74, 6) is -0.517. The van der Waals surface area contributed by atoms with Gasteiger partial charge < -0.3 is 19.2 Å². The number of thioether (sulfide) groups is 1. The summed E-state index contributed by atoms with van der Waals surface area (Å²) in [5, 5.41) is 3.45. The van der Waals surface area contributed by atoms with Crippen LogP contribution in [0.25, 0.3) is 11.0 Å². The van der Waals surface area contributed by atoms with Gasteiger partial charge in [-0.2, -0.15) is 0 Å². The van der Waals surface area contributed by atoms with E-state index in [9.17, 15) is 14.4 Å². The molecule has 31 heavy (non-hydrogen) atoms. The summed E-state index contributed by atoms with van der Waals surface area (Å²) in [6.45, 7) is 2.70. The van der Waals surface area contributed by atoms with Crippen LogP contribution in [0, 0.1) is 6.92 Å². The number of hydrogen-bond donors (Lipinski definition) is 1. The molecule has 2 aromatic carbocycles. The second-order valence-electron chi connectivity index (χ2n) is 6.79. The number of hydrogen-bond acceptors (Lipinski definition) is 7. The van der Waals surface area contributed by atoms with Crippen molar-refractivity contribution in [2.45, 2.75) is 18.4 Å². The summed E-state index contributed by atoms with van der Waals surface area (Å²) >= 11 is 1.25. The average molecular weight is 442 g/mol. The van der Waals surface area contributed by atoms with Crippen LogP contribution in [-0.4, -0.2) is 37.9 Å². The van der Waals surface area contributed by atoms with Crippen LogP contribution in [0.15, 0.2) is 62.6 Å². The van der Waals surface area contributed by atoms with E-state index in [1.165, 1.54) is 17.8 Å². The van der Waals surface area contributed by atoms with Crippen molar-refractivity contribution < 1.29 is 23.5 Å². The Morgan fingerprint density at radius 1 is 1.13 bits per heavy atom. The molecule has 1 aromatic heterocycles. The molecule has 1 amide bonds. The van der Waals surface area contributed by atoms with Crippen LogP contribution in [-0.2, 0) is 20.9 Å². The van der Waals surface area contributed by atoms with Crippen LogP contribution in [0.4, 0.5) is 0 Å². The van der Waals surface area contributed by atoms with Gasteiger partial charge in [-0.25, -0.2) is 9.59 Å². The molecule has 7 nitrogen and oxygen atoms in total. The Labute approximate surface area is 183 Å². The maximum Gasteiger partial charge on any atom is 0.339 e. The third kappa shape index (κ3) is 6.19. The zero-order valence-corrected chi connectivity index (χ0v) is 18.1. The van der Waals surface area contributed by atoms with Crippen molar-refractivity contribution in [3.63, 3.8) is 0 Å². The molecule has 0 spiro atoms. The number of rotatable bonds is 9. The predicted octanol–water partition coefficient (Wildman–Crippen LogP) is 3.31. The van der Waals surface area contributed by atoms with Gasteiger partial charge in [0.2, 0.25) is 5.91 Å². The minimum absolute atomic E-state index is 0.0689. The van der Waals surface area contributed by atoms with E-state index in [-0.39, 0.29) is 18.3 Å². The lowest BCUT2D eigenvalue weighted by Crippen LogP contribution is -2.28. The highest BCUT2D eigenvalue weighted by Gasteiger charge is 2.15. The zero-order chi connectivity index (χ0) is 22.2. The van der Waals surface area contributed by atoms with Gasteiger partial charge in [0.05, 0.1) is 17.9 Å². The van der Waals surface area contributed by atoms with Crippen molar-refractivity contribution in [1.29, 1.82) is 0 Å². The third-order valence-corrected chi connectivity index (χ3v) is 5.51. The molecule has 0 aliphatic rings. The van der Waals surface area contributed by atoms with Crippen LogP contribution < -0.4 is 10.9 Å².